The zero-order valence-corrected chi connectivity index (χ0v) is 18.6. The number of anilines is 2. The Hall–Kier alpha value is -2.23. The van der Waals surface area contributed by atoms with Crippen molar-refractivity contribution in [1.29, 1.82) is 0 Å². The Morgan fingerprint density at radius 2 is 1.87 bits per heavy atom. The molecule has 0 spiro atoms. The molecule has 0 saturated carbocycles. The van der Waals surface area contributed by atoms with Gasteiger partial charge in [-0.3, -0.25) is 4.79 Å². The fourth-order valence-corrected chi connectivity index (χ4v) is 4.26. The van der Waals surface area contributed by atoms with Gasteiger partial charge in [0.15, 0.2) is 11.7 Å². The quantitative estimate of drug-likeness (QED) is 0.386. The normalized spacial score (nSPS) is 18.3. The summed E-state index contributed by atoms with van der Waals surface area (Å²) in [5.41, 5.74) is 0.856. The number of nitrogens with zero attached hydrogens (tertiary/aromatic N) is 2. The summed E-state index contributed by atoms with van der Waals surface area (Å²) < 4.78 is 42.5. The van der Waals surface area contributed by atoms with Gasteiger partial charge in [0.25, 0.3) is 5.91 Å². The standard InChI is InChI=1S/C20H14BrCl2F3N4O/c21-16-17(19(31)27-11-6-7-12(22)13(23)8-11)29-30-15(20(24,25)26)9-14(28-18(16)30)10-4-2-1-3-5-10/h1-8,14-15,28H,9H2,(H,27,31)/t14-,15+/m0/s1. The molecule has 2 N–H and O–H groups in total. The summed E-state index contributed by atoms with van der Waals surface area (Å²) in [6, 6.07) is 10.8. The molecule has 162 valence electrons. The summed E-state index contributed by atoms with van der Waals surface area (Å²) in [7, 11) is 0. The van der Waals surface area contributed by atoms with Crippen molar-refractivity contribution in [1.82, 2.24) is 9.78 Å². The number of fused-ring (bicyclic) bond motifs is 1. The van der Waals surface area contributed by atoms with Crippen molar-refractivity contribution >= 4 is 56.5 Å². The van der Waals surface area contributed by atoms with Crippen LogP contribution >= 0.6 is 39.1 Å². The van der Waals surface area contributed by atoms with E-state index in [-0.39, 0.29) is 27.4 Å². The molecule has 5 nitrogen and oxygen atoms in total. The number of carbonyl (C=O) groups excluding carboxylic acids is 1. The average molecular weight is 534 g/mol. The smallest absolute Gasteiger partial charge is 0.362 e. The van der Waals surface area contributed by atoms with Crippen LogP contribution in [0.15, 0.2) is 53.0 Å². The Labute approximate surface area is 193 Å². The summed E-state index contributed by atoms with van der Waals surface area (Å²) in [5, 5.41) is 10.2. The largest absolute Gasteiger partial charge is 0.410 e. The zero-order chi connectivity index (χ0) is 22.3. The van der Waals surface area contributed by atoms with Gasteiger partial charge in [0.05, 0.1) is 20.6 Å². The van der Waals surface area contributed by atoms with E-state index >= 15 is 0 Å². The van der Waals surface area contributed by atoms with Crippen molar-refractivity contribution in [3.63, 3.8) is 0 Å². The molecule has 0 fully saturated rings. The van der Waals surface area contributed by atoms with Gasteiger partial charge in [-0.05, 0) is 39.7 Å². The van der Waals surface area contributed by atoms with Crippen molar-refractivity contribution in [3.05, 3.63) is 74.3 Å². The van der Waals surface area contributed by atoms with E-state index in [1.807, 2.05) is 0 Å². The average Bonchev–Trinajstić information content (AvgIpc) is 3.06. The Morgan fingerprint density at radius 3 is 2.52 bits per heavy atom. The Balaban J connectivity index is 1.69. The molecule has 0 unspecified atom stereocenters. The fraction of sp³-hybridized carbons (Fsp3) is 0.200. The van der Waals surface area contributed by atoms with Crippen LogP contribution in [0.2, 0.25) is 10.0 Å². The molecule has 3 aromatic rings. The second kappa shape index (κ2) is 8.37. The monoisotopic (exact) mass is 532 g/mol. The van der Waals surface area contributed by atoms with Crippen molar-refractivity contribution in [2.45, 2.75) is 24.7 Å². The molecule has 1 amide bonds. The highest BCUT2D eigenvalue weighted by atomic mass is 79.9. The molecule has 0 radical (unpaired) electrons. The van der Waals surface area contributed by atoms with Gasteiger partial charge in [0.1, 0.15) is 5.82 Å². The molecule has 2 heterocycles. The Bertz CT molecular complexity index is 1140. The second-order valence-electron chi connectivity index (χ2n) is 6.94. The van der Waals surface area contributed by atoms with Gasteiger partial charge in [-0.2, -0.15) is 18.3 Å². The third-order valence-corrected chi connectivity index (χ3v) is 6.38. The van der Waals surface area contributed by atoms with Gasteiger partial charge in [-0.25, -0.2) is 4.68 Å². The van der Waals surface area contributed by atoms with E-state index in [1.54, 1.807) is 30.3 Å². The molecule has 11 heteroatoms. The lowest BCUT2D eigenvalue weighted by Crippen LogP contribution is -2.35. The van der Waals surface area contributed by atoms with Gasteiger partial charge in [-0.1, -0.05) is 53.5 Å². The predicted octanol–water partition coefficient (Wildman–Crippen LogP) is 6.87. The van der Waals surface area contributed by atoms with Crippen LogP contribution in [0.1, 0.15) is 34.6 Å². The van der Waals surface area contributed by atoms with E-state index in [9.17, 15) is 18.0 Å². The number of hydrogen-bond donors (Lipinski definition) is 2. The number of amides is 1. The summed E-state index contributed by atoms with van der Waals surface area (Å²) in [5.74, 6) is -0.604. The summed E-state index contributed by atoms with van der Waals surface area (Å²) in [6.45, 7) is 0. The SMILES string of the molecule is O=C(Nc1ccc(Cl)c(Cl)c1)c1nn2c(c1Br)N[C@H](c1ccccc1)C[C@@H]2C(F)(F)F. The molecule has 1 aromatic heterocycles. The first-order chi connectivity index (χ1) is 14.6. The number of nitrogens with one attached hydrogen (secondary N) is 2. The summed E-state index contributed by atoms with van der Waals surface area (Å²) in [4.78, 5) is 12.8. The van der Waals surface area contributed by atoms with Crippen LogP contribution < -0.4 is 10.6 Å². The molecule has 31 heavy (non-hydrogen) atoms. The molecule has 0 bridgehead atoms. The Morgan fingerprint density at radius 1 is 1.16 bits per heavy atom. The lowest BCUT2D eigenvalue weighted by atomic mass is 9.97. The first-order valence-electron chi connectivity index (χ1n) is 9.07. The predicted molar refractivity (Wildman–Crippen MR) is 117 cm³/mol. The van der Waals surface area contributed by atoms with E-state index in [4.69, 9.17) is 23.2 Å². The van der Waals surface area contributed by atoms with E-state index in [2.05, 4.69) is 31.7 Å². The number of carbonyl (C=O) groups is 1. The van der Waals surface area contributed by atoms with Crippen LogP contribution in [-0.2, 0) is 0 Å². The van der Waals surface area contributed by atoms with E-state index < -0.39 is 24.2 Å². The molecular formula is C20H14BrCl2F3N4O. The maximum absolute atomic E-state index is 13.8. The third-order valence-electron chi connectivity index (χ3n) is 4.89. The summed E-state index contributed by atoms with van der Waals surface area (Å²) in [6.07, 6.45) is -4.81. The highest BCUT2D eigenvalue weighted by Gasteiger charge is 2.47. The van der Waals surface area contributed by atoms with Crippen LogP contribution in [0.3, 0.4) is 0 Å². The van der Waals surface area contributed by atoms with Crippen molar-refractivity contribution in [2.24, 2.45) is 0 Å². The van der Waals surface area contributed by atoms with Crippen LogP contribution in [0, 0.1) is 0 Å². The number of halogens is 6. The van der Waals surface area contributed by atoms with Crippen LogP contribution in [0.5, 0.6) is 0 Å². The lowest BCUT2D eigenvalue weighted by molar-refractivity contribution is -0.173. The minimum atomic E-state index is -4.55. The van der Waals surface area contributed by atoms with Crippen molar-refractivity contribution < 1.29 is 18.0 Å². The molecule has 1 aliphatic heterocycles. The first-order valence-corrected chi connectivity index (χ1v) is 10.6. The van der Waals surface area contributed by atoms with Crippen molar-refractivity contribution in [2.75, 3.05) is 10.6 Å². The number of hydrogen-bond acceptors (Lipinski definition) is 3. The van der Waals surface area contributed by atoms with Crippen molar-refractivity contribution in [3.8, 4) is 0 Å². The number of benzene rings is 2. The van der Waals surface area contributed by atoms with Crippen LogP contribution in [0.25, 0.3) is 0 Å². The van der Waals surface area contributed by atoms with E-state index in [0.717, 1.165) is 4.68 Å². The second-order valence-corrected chi connectivity index (χ2v) is 8.55. The molecule has 4 rings (SSSR count). The van der Waals surface area contributed by atoms with E-state index in [0.29, 0.717) is 16.3 Å². The molecule has 0 saturated heterocycles. The van der Waals surface area contributed by atoms with Gasteiger partial charge in [0.2, 0.25) is 0 Å². The lowest BCUT2D eigenvalue weighted by Gasteiger charge is -2.33. The Kier molecular flexibility index (Phi) is 5.93. The highest BCUT2D eigenvalue weighted by molar-refractivity contribution is 9.10. The molecule has 2 aromatic carbocycles. The topological polar surface area (TPSA) is 59.0 Å². The van der Waals surface area contributed by atoms with Gasteiger partial charge in [0, 0.05) is 12.1 Å². The maximum Gasteiger partial charge on any atom is 0.410 e. The third kappa shape index (κ3) is 4.40. The van der Waals surface area contributed by atoms with Gasteiger partial charge in [-0.15, -0.1) is 0 Å². The van der Waals surface area contributed by atoms with Gasteiger partial charge >= 0.3 is 6.18 Å². The molecule has 0 aliphatic carbocycles. The van der Waals surface area contributed by atoms with Crippen LogP contribution in [0.4, 0.5) is 24.7 Å². The number of alkyl halides is 3. The minimum absolute atomic E-state index is 0.0849. The number of rotatable bonds is 3. The maximum atomic E-state index is 13.8. The van der Waals surface area contributed by atoms with Gasteiger partial charge < -0.3 is 10.6 Å². The highest BCUT2D eigenvalue weighted by Crippen LogP contribution is 2.46. The van der Waals surface area contributed by atoms with Crippen LogP contribution in [-0.4, -0.2) is 21.9 Å². The number of aromatic nitrogens is 2. The van der Waals surface area contributed by atoms with E-state index in [1.165, 1.54) is 18.2 Å². The first kappa shape index (κ1) is 22.0. The molecular weight excluding hydrogens is 520 g/mol. The fourth-order valence-electron chi connectivity index (χ4n) is 3.40. The molecule has 2 atom stereocenters. The minimum Gasteiger partial charge on any atom is -0.362 e. The molecule has 1 aliphatic rings. The summed E-state index contributed by atoms with van der Waals surface area (Å²) >= 11 is 15.1. The zero-order valence-electron chi connectivity index (χ0n) is 15.6.